The van der Waals surface area contributed by atoms with Gasteiger partial charge in [-0.2, -0.15) is 0 Å². The molecule has 1 saturated carbocycles. The zero-order valence-electron chi connectivity index (χ0n) is 21.3. The maximum absolute atomic E-state index is 7.81. The first-order valence-corrected chi connectivity index (χ1v) is 13.0. The van der Waals surface area contributed by atoms with Crippen LogP contribution in [-0.2, 0) is 7.05 Å². The minimum atomic E-state index is 0.617. The predicted octanol–water partition coefficient (Wildman–Crippen LogP) is 8.96. The molecule has 0 N–H and O–H groups in total. The van der Waals surface area contributed by atoms with Crippen molar-refractivity contribution >= 4 is 27.6 Å². The van der Waals surface area contributed by atoms with Gasteiger partial charge < -0.3 is 4.42 Å². The topological polar surface area (TPSA) is 21.4 Å². The minimum Gasteiger partial charge on any atom is -0.456 e. The van der Waals surface area contributed by atoms with Gasteiger partial charge in [0.05, 0.1) is 12.1 Å². The summed E-state index contributed by atoms with van der Waals surface area (Å²) in [5.74, 6) is 0.671. The van der Waals surface area contributed by atoms with Crippen LogP contribution in [0.5, 0.6) is 0 Å². The van der Waals surface area contributed by atoms with Crippen molar-refractivity contribution in [3.05, 3.63) is 95.0 Å². The SMILES string of the molecule is [C-]#[N+]c1ccc2c(oc3c(-c4ccc(C5CCCCC5)c[n+]4C)c(C)cc(C)c32)c1-c1ccccc1. The van der Waals surface area contributed by atoms with E-state index in [2.05, 4.69) is 72.9 Å². The summed E-state index contributed by atoms with van der Waals surface area (Å²) in [5.41, 5.74) is 10.3. The Morgan fingerprint density at radius 2 is 1.64 bits per heavy atom. The van der Waals surface area contributed by atoms with Crippen molar-refractivity contribution in [3.8, 4) is 22.4 Å². The van der Waals surface area contributed by atoms with Crippen molar-refractivity contribution in [1.82, 2.24) is 0 Å². The molecule has 0 bridgehead atoms. The molecule has 5 aromatic rings. The van der Waals surface area contributed by atoms with Crippen molar-refractivity contribution in [3.63, 3.8) is 0 Å². The van der Waals surface area contributed by atoms with Crippen molar-refractivity contribution in [1.29, 1.82) is 0 Å². The fraction of sp³-hybridized carbons (Fsp3) is 0.273. The van der Waals surface area contributed by atoms with Gasteiger partial charge in [-0.25, -0.2) is 9.41 Å². The average Bonchev–Trinajstić information content (AvgIpc) is 3.29. The molecule has 3 heteroatoms. The van der Waals surface area contributed by atoms with E-state index in [1.165, 1.54) is 48.8 Å². The number of fused-ring (bicyclic) bond motifs is 3. The molecule has 0 radical (unpaired) electrons. The number of pyridine rings is 1. The molecule has 1 aliphatic rings. The van der Waals surface area contributed by atoms with Crippen LogP contribution in [0, 0.1) is 20.4 Å². The Balaban J connectivity index is 1.61. The molecule has 2 heterocycles. The lowest BCUT2D eigenvalue weighted by Crippen LogP contribution is -2.32. The lowest BCUT2D eigenvalue weighted by molar-refractivity contribution is -0.660. The van der Waals surface area contributed by atoms with Gasteiger partial charge in [0.25, 0.3) is 0 Å². The number of furan rings is 1. The van der Waals surface area contributed by atoms with E-state index in [-0.39, 0.29) is 0 Å². The highest BCUT2D eigenvalue weighted by molar-refractivity contribution is 6.16. The average molecular weight is 472 g/mol. The lowest BCUT2D eigenvalue weighted by atomic mass is 9.84. The molecule has 2 aromatic heterocycles. The summed E-state index contributed by atoms with van der Waals surface area (Å²) < 4.78 is 9.05. The van der Waals surface area contributed by atoms with Gasteiger partial charge in [0.2, 0.25) is 5.69 Å². The van der Waals surface area contributed by atoms with Gasteiger partial charge in [-0.3, -0.25) is 0 Å². The monoisotopic (exact) mass is 471 g/mol. The fourth-order valence-electron chi connectivity index (χ4n) is 6.23. The van der Waals surface area contributed by atoms with Crippen molar-refractivity contribution in [2.75, 3.05) is 0 Å². The summed E-state index contributed by atoms with van der Waals surface area (Å²) >= 11 is 0. The normalized spacial score (nSPS) is 14.4. The molecular weight excluding hydrogens is 440 g/mol. The highest BCUT2D eigenvalue weighted by atomic mass is 16.3. The molecule has 6 rings (SSSR count). The second kappa shape index (κ2) is 8.95. The summed E-state index contributed by atoms with van der Waals surface area (Å²) in [5, 5.41) is 2.20. The van der Waals surface area contributed by atoms with Gasteiger partial charge in [-0.15, -0.1) is 0 Å². The maximum Gasteiger partial charge on any atom is 0.216 e. The number of hydrogen-bond donors (Lipinski definition) is 0. The molecule has 0 amide bonds. The molecule has 0 saturated heterocycles. The zero-order valence-corrected chi connectivity index (χ0v) is 21.3. The Hall–Kier alpha value is -3.90. The Morgan fingerprint density at radius 1 is 0.861 bits per heavy atom. The number of benzene rings is 3. The molecule has 178 valence electrons. The molecule has 3 aromatic carbocycles. The Bertz CT molecular complexity index is 1650. The third-order valence-corrected chi connectivity index (χ3v) is 7.96. The molecule has 0 atom stereocenters. The van der Waals surface area contributed by atoms with E-state index in [0.717, 1.165) is 44.3 Å². The number of aryl methyl sites for hydroxylation is 3. The van der Waals surface area contributed by atoms with Crippen molar-refractivity contribution in [2.24, 2.45) is 7.05 Å². The summed E-state index contributed by atoms with van der Waals surface area (Å²) in [7, 11) is 2.15. The first-order chi connectivity index (χ1) is 17.6. The third-order valence-electron chi connectivity index (χ3n) is 7.96. The number of rotatable bonds is 3. The Kier molecular flexibility index (Phi) is 5.61. The molecule has 0 unspecified atom stereocenters. The predicted molar refractivity (Wildman–Crippen MR) is 147 cm³/mol. The van der Waals surface area contributed by atoms with Crippen LogP contribution >= 0.6 is 0 Å². The van der Waals surface area contributed by atoms with E-state index < -0.39 is 0 Å². The van der Waals surface area contributed by atoms with Crippen LogP contribution in [0.3, 0.4) is 0 Å². The number of hydrogen-bond acceptors (Lipinski definition) is 1. The molecular formula is C33H31N2O+. The first kappa shape index (κ1) is 22.6. The molecule has 36 heavy (non-hydrogen) atoms. The van der Waals surface area contributed by atoms with Gasteiger partial charge in [0.1, 0.15) is 18.2 Å². The van der Waals surface area contributed by atoms with Crippen LogP contribution < -0.4 is 4.57 Å². The molecule has 3 nitrogen and oxygen atoms in total. The second-order valence-electron chi connectivity index (χ2n) is 10.3. The van der Waals surface area contributed by atoms with Gasteiger partial charge in [0, 0.05) is 28.0 Å². The van der Waals surface area contributed by atoms with Gasteiger partial charge in [0.15, 0.2) is 11.9 Å². The van der Waals surface area contributed by atoms with E-state index in [4.69, 9.17) is 11.0 Å². The largest absolute Gasteiger partial charge is 0.456 e. The minimum absolute atomic E-state index is 0.617. The van der Waals surface area contributed by atoms with Crippen LogP contribution in [-0.4, -0.2) is 0 Å². The van der Waals surface area contributed by atoms with Crippen molar-refractivity contribution < 1.29 is 8.98 Å². The summed E-state index contributed by atoms with van der Waals surface area (Å²) in [6.07, 6.45) is 8.95. The fourth-order valence-corrected chi connectivity index (χ4v) is 6.23. The van der Waals surface area contributed by atoms with Crippen LogP contribution in [0.25, 0.3) is 49.2 Å². The highest BCUT2D eigenvalue weighted by Crippen LogP contribution is 2.45. The van der Waals surface area contributed by atoms with Crippen LogP contribution in [0.2, 0.25) is 0 Å². The van der Waals surface area contributed by atoms with Crippen LogP contribution in [0.15, 0.2) is 71.3 Å². The Morgan fingerprint density at radius 3 is 2.36 bits per heavy atom. The number of aromatic nitrogens is 1. The quantitative estimate of drug-likeness (QED) is 0.190. The zero-order chi connectivity index (χ0) is 24.8. The van der Waals surface area contributed by atoms with E-state index in [0.29, 0.717) is 11.6 Å². The molecule has 1 aliphatic carbocycles. The Labute approximate surface area is 212 Å². The standard InChI is InChI=1S/C33H31N2O/c1-21-19-22(2)30(28-18-15-25(20-35(28)4)23-11-7-5-8-12-23)33-29(21)26-16-17-27(34-3)31(32(26)36-33)24-13-9-6-10-14-24/h6,9-10,13-20,23H,5,7-8,11-12H2,1-2,4H3/q+1. The van der Waals surface area contributed by atoms with Crippen LogP contribution in [0.4, 0.5) is 5.69 Å². The van der Waals surface area contributed by atoms with E-state index in [1.54, 1.807) is 0 Å². The molecule has 0 aliphatic heterocycles. The molecule has 0 spiro atoms. The van der Waals surface area contributed by atoms with Gasteiger partial charge >= 0.3 is 0 Å². The van der Waals surface area contributed by atoms with E-state index in [1.807, 2.05) is 24.3 Å². The lowest BCUT2D eigenvalue weighted by Gasteiger charge is -2.21. The summed E-state index contributed by atoms with van der Waals surface area (Å²) in [6.45, 7) is 12.1. The molecule has 1 fully saturated rings. The van der Waals surface area contributed by atoms with Crippen LogP contribution in [0.1, 0.15) is 54.7 Å². The first-order valence-electron chi connectivity index (χ1n) is 13.0. The van der Waals surface area contributed by atoms with E-state index >= 15 is 0 Å². The van der Waals surface area contributed by atoms with E-state index in [9.17, 15) is 0 Å². The van der Waals surface area contributed by atoms with Crippen molar-refractivity contribution in [2.45, 2.75) is 51.9 Å². The summed E-state index contributed by atoms with van der Waals surface area (Å²) in [4.78, 5) is 3.84. The summed E-state index contributed by atoms with van der Waals surface area (Å²) in [6, 6.07) is 21.0. The smallest absolute Gasteiger partial charge is 0.216 e. The van der Waals surface area contributed by atoms with Gasteiger partial charge in [-0.1, -0.05) is 67.8 Å². The number of nitrogens with zero attached hydrogens (tertiary/aromatic N) is 2. The van der Waals surface area contributed by atoms with Gasteiger partial charge in [-0.05, 0) is 55.4 Å². The third kappa shape index (κ3) is 3.60. The maximum atomic E-state index is 7.81. The second-order valence-corrected chi connectivity index (χ2v) is 10.3. The highest BCUT2D eigenvalue weighted by Gasteiger charge is 2.26.